The van der Waals surface area contributed by atoms with Crippen LogP contribution in [0.15, 0.2) is 12.2 Å². The molecule has 0 spiro atoms. The quantitative estimate of drug-likeness (QED) is 0.613. The zero-order valence-electron chi connectivity index (χ0n) is 14.8. The molecule has 0 saturated carbocycles. The lowest BCUT2D eigenvalue weighted by Crippen LogP contribution is -2.59. The van der Waals surface area contributed by atoms with Gasteiger partial charge in [0, 0.05) is 6.54 Å². The van der Waals surface area contributed by atoms with Crippen molar-refractivity contribution in [2.45, 2.75) is 63.6 Å². The number of methoxy groups -OCH3 is 1. The second-order valence-corrected chi connectivity index (χ2v) is 7.23. The van der Waals surface area contributed by atoms with Gasteiger partial charge in [0.25, 0.3) is 0 Å². The molecule has 1 fully saturated rings. The van der Waals surface area contributed by atoms with Crippen LogP contribution in [0.5, 0.6) is 0 Å². The maximum absolute atomic E-state index is 12.9. The summed E-state index contributed by atoms with van der Waals surface area (Å²) in [6.07, 6.45) is 5.16. The number of hydrogen-bond donors (Lipinski definition) is 1. The van der Waals surface area contributed by atoms with Gasteiger partial charge >= 0.3 is 12.1 Å². The summed E-state index contributed by atoms with van der Waals surface area (Å²) >= 11 is 0. The van der Waals surface area contributed by atoms with Crippen molar-refractivity contribution in [3.8, 4) is 0 Å². The first kappa shape index (κ1) is 18.3. The summed E-state index contributed by atoms with van der Waals surface area (Å²) in [5.41, 5.74) is -1.61. The summed E-state index contributed by atoms with van der Waals surface area (Å²) in [5, 5.41) is 2.62. The monoisotopic (exact) mass is 338 g/mol. The van der Waals surface area contributed by atoms with Crippen molar-refractivity contribution < 1.29 is 23.9 Å². The largest absolute Gasteiger partial charge is 0.467 e. The van der Waals surface area contributed by atoms with Gasteiger partial charge in [-0.1, -0.05) is 12.2 Å². The average molecular weight is 338 g/mol. The fourth-order valence-corrected chi connectivity index (χ4v) is 3.27. The molecule has 2 aliphatic heterocycles. The van der Waals surface area contributed by atoms with Crippen LogP contribution >= 0.6 is 0 Å². The second kappa shape index (κ2) is 6.83. The number of hydrogen-bond acceptors (Lipinski definition) is 5. The number of esters is 1. The summed E-state index contributed by atoms with van der Waals surface area (Å²) in [6.45, 7) is 5.76. The van der Waals surface area contributed by atoms with E-state index in [0.29, 0.717) is 25.8 Å². The van der Waals surface area contributed by atoms with Crippen LogP contribution in [0.25, 0.3) is 0 Å². The number of carbonyl (C=O) groups is 3. The van der Waals surface area contributed by atoms with Gasteiger partial charge < -0.3 is 19.7 Å². The van der Waals surface area contributed by atoms with Gasteiger partial charge in [0.2, 0.25) is 5.91 Å². The first-order valence-corrected chi connectivity index (χ1v) is 8.24. The molecule has 7 heteroatoms. The number of nitrogens with one attached hydrogen (secondary N) is 1. The van der Waals surface area contributed by atoms with Crippen LogP contribution in [0.1, 0.15) is 46.5 Å². The molecule has 0 bridgehead atoms. The Hall–Kier alpha value is -2.05. The Morgan fingerprint density at radius 1 is 1.33 bits per heavy atom. The number of carbonyl (C=O) groups excluding carboxylic acids is 3. The Labute approximate surface area is 142 Å². The predicted molar refractivity (Wildman–Crippen MR) is 87.2 cm³/mol. The van der Waals surface area contributed by atoms with Crippen LogP contribution in [0.3, 0.4) is 0 Å². The van der Waals surface area contributed by atoms with Crippen molar-refractivity contribution in [3.63, 3.8) is 0 Å². The molecule has 0 aromatic carbocycles. The summed E-state index contributed by atoms with van der Waals surface area (Å²) in [4.78, 5) is 38.8. The lowest BCUT2D eigenvalue weighted by atomic mass is 9.89. The molecule has 2 rings (SSSR count). The summed E-state index contributed by atoms with van der Waals surface area (Å²) < 4.78 is 10.2. The molecule has 1 N–H and O–H groups in total. The van der Waals surface area contributed by atoms with Gasteiger partial charge in [-0.25, -0.2) is 9.59 Å². The minimum atomic E-state index is -0.962. The molecule has 0 radical (unpaired) electrons. The standard InChI is InChI=1S/C17H26N2O5/c1-16(2,3)24-15(22)18-12-8-5-6-9-17(14(21)23-4)10-7-11-19(17)13(12)20/h5-6,12H,7-11H2,1-4H3,(H,18,22). The fourth-order valence-electron chi connectivity index (χ4n) is 3.27. The Morgan fingerprint density at radius 2 is 2.04 bits per heavy atom. The normalized spacial score (nSPS) is 27.1. The van der Waals surface area contributed by atoms with E-state index in [4.69, 9.17) is 9.47 Å². The van der Waals surface area contributed by atoms with Crippen LogP contribution in [-0.2, 0) is 19.1 Å². The van der Waals surface area contributed by atoms with E-state index in [1.165, 1.54) is 7.11 Å². The van der Waals surface area contributed by atoms with E-state index in [9.17, 15) is 14.4 Å². The maximum Gasteiger partial charge on any atom is 0.408 e. The highest BCUT2D eigenvalue weighted by molar-refractivity contribution is 5.93. The van der Waals surface area contributed by atoms with Crippen LogP contribution in [0, 0.1) is 0 Å². The first-order chi connectivity index (χ1) is 11.2. The van der Waals surface area contributed by atoms with Crippen molar-refractivity contribution >= 4 is 18.0 Å². The van der Waals surface area contributed by atoms with Crippen LogP contribution < -0.4 is 5.32 Å². The van der Waals surface area contributed by atoms with E-state index in [2.05, 4.69) is 5.32 Å². The highest BCUT2D eigenvalue weighted by Crippen LogP contribution is 2.36. The summed E-state index contributed by atoms with van der Waals surface area (Å²) in [5.74, 6) is -0.677. The molecule has 0 aliphatic carbocycles. The number of ether oxygens (including phenoxy) is 2. The van der Waals surface area contributed by atoms with E-state index in [1.807, 2.05) is 12.2 Å². The summed E-state index contributed by atoms with van der Waals surface area (Å²) in [6, 6.07) is -0.751. The van der Waals surface area contributed by atoms with E-state index in [1.54, 1.807) is 25.7 Å². The molecule has 0 aromatic heterocycles. The number of alkyl carbamates (subject to hydrolysis) is 1. The van der Waals surface area contributed by atoms with Gasteiger partial charge in [0.15, 0.2) is 0 Å². The Balaban J connectivity index is 2.20. The lowest BCUT2D eigenvalue weighted by molar-refractivity contribution is -0.160. The third kappa shape index (κ3) is 3.71. The smallest absolute Gasteiger partial charge is 0.408 e. The lowest BCUT2D eigenvalue weighted by Gasteiger charge is -2.38. The molecule has 0 aromatic rings. The average Bonchev–Trinajstić information content (AvgIpc) is 2.90. The molecular weight excluding hydrogens is 312 g/mol. The van der Waals surface area contributed by atoms with E-state index in [-0.39, 0.29) is 5.91 Å². The molecule has 2 aliphatic rings. The fraction of sp³-hybridized carbons (Fsp3) is 0.706. The van der Waals surface area contributed by atoms with Crippen molar-refractivity contribution in [1.82, 2.24) is 10.2 Å². The molecule has 2 atom stereocenters. The van der Waals surface area contributed by atoms with Gasteiger partial charge in [0.05, 0.1) is 7.11 Å². The first-order valence-electron chi connectivity index (χ1n) is 8.24. The van der Waals surface area contributed by atoms with E-state index < -0.39 is 29.2 Å². The topological polar surface area (TPSA) is 84.9 Å². The molecule has 7 nitrogen and oxygen atoms in total. The minimum absolute atomic E-state index is 0.270. The molecule has 2 amide bonds. The van der Waals surface area contributed by atoms with E-state index >= 15 is 0 Å². The number of fused-ring (bicyclic) bond motifs is 1. The van der Waals surface area contributed by atoms with Crippen molar-refractivity contribution in [2.75, 3.05) is 13.7 Å². The van der Waals surface area contributed by atoms with Crippen molar-refractivity contribution in [3.05, 3.63) is 12.2 Å². The SMILES string of the molecule is COC(=O)C12CC=CCC(NC(=O)OC(C)(C)C)C(=O)N1CCC2. The highest BCUT2D eigenvalue weighted by atomic mass is 16.6. The van der Waals surface area contributed by atoms with Crippen LogP contribution in [0.4, 0.5) is 4.79 Å². The zero-order valence-corrected chi connectivity index (χ0v) is 14.8. The van der Waals surface area contributed by atoms with Crippen LogP contribution in [0.2, 0.25) is 0 Å². The summed E-state index contributed by atoms with van der Waals surface area (Å²) in [7, 11) is 1.33. The molecule has 1 saturated heterocycles. The molecule has 24 heavy (non-hydrogen) atoms. The zero-order chi connectivity index (χ0) is 18.0. The molecule has 2 unspecified atom stereocenters. The third-order valence-electron chi connectivity index (χ3n) is 4.30. The second-order valence-electron chi connectivity index (χ2n) is 7.23. The Kier molecular flexibility index (Phi) is 5.20. The minimum Gasteiger partial charge on any atom is -0.467 e. The van der Waals surface area contributed by atoms with Crippen molar-refractivity contribution in [1.29, 1.82) is 0 Å². The van der Waals surface area contributed by atoms with Gasteiger partial charge in [0.1, 0.15) is 17.2 Å². The van der Waals surface area contributed by atoms with Gasteiger partial charge in [-0.2, -0.15) is 0 Å². The molecule has 134 valence electrons. The highest BCUT2D eigenvalue weighted by Gasteiger charge is 2.51. The molecular formula is C17H26N2O5. The number of nitrogens with zero attached hydrogens (tertiary/aromatic N) is 1. The number of amides is 2. The third-order valence-corrected chi connectivity index (χ3v) is 4.30. The molecule has 2 heterocycles. The predicted octanol–water partition coefficient (Wildman–Crippen LogP) is 1.76. The Bertz CT molecular complexity index is 552. The number of rotatable bonds is 2. The van der Waals surface area contributed by atoms with Gasteiger partial charge in [-0.15, -0.1) is 0 Å². The van der Waals surface area contributed by atoms with Gasteiger partial charge in [-0.3, -0.25) is 4.79 Å². The van der Waals surface area contributed by atoms with Crippen LogP contribution in [-0.4, -0.2) is 53.7 Å². The van der Waals surface area contributed by atoms with Gasteiger partial charge in [-0.05, 0) is 46.5 Å². The van der Waals surface area contributed by atoms with Crippen molar-refractivity contribution in [2.24, 2.45) is 0 Å². The Morgan fingerprint density at radius 3 is 2.67 bits per heavy atom. The maximum atomic E-state index is 12.9. The van der Waals surface area contributed by atoms with E-state index in [0.717, 1.165) is 6.42 Å².